The van der Waals surface area contributed by atoms with Gasteiger partial charge in [0.25, 0.3) is 0 Å². The van der Waals surface area contributed by atoms with E-state index in [-0.39, 0.29) is 34.2 Å². The lowest BCUT2D eigenvalue weighted by Gasteiger charge is -2.27. The average Bonchev–Trinajstić information content (AvgIpc) is 2.52. The van der Waals surface area contributed by atoms with Crippen LogP contribution in [0.4, 0.5) is 4.39 Å². The molecule has 0 aromatic heterocycles. The van der Waals surface area contributed by atoms with Crippen molar-refractivity contribution >= 4 is 23.4 Å². The first-order chi connectivity index (χ1) is 11.0. The zero-order valence-electron chi connectivity index (χ0n) is 11.8. The van der Waals surface area contributed by atoms with Crippen LogP contribution in [0, 0.1) is 28.5 Å². The molecule has 0 saturated heterocycles. The fourth-order valence-electron chi connectivity index (χ4n) is 2.26. The molecule has 8 heteroatoms. The van der Waals surface area contributed by atoms with Gasteiger partial charge in [-0.15, -0.1) is 11.8 Å². The number of rotatable bonds is 4. The molecule has 0 fully saturated rings. The number of halogens is 2. The Morgan fingerprint density at radius 1 is 1.35 bits per heavy atom. The average molecular weight is 351 g/mol. The third-order valence-corrected chi connectivity index (χ3v) is 4.55. The number of benzene rings is 1. The predicted octanol–water partition coefficient (Wildman–Crippen LogP) is 2.32. The van der Waals surface area contributed by atoms with Gasteiger partial charge in [-0.05, 0) is 12.1 Å². The number of aliphatic hydroxyl groups is 1. The van der Waals surface area contributed by atoms with Crippen molar-refractivity contribution in [2.24, 2.45) is 5.73 Å². The third kappa shape index (κ3) is 3.27. The molecular formula is C15H12ClFN4OS. The lowest BCUT2D eigenvalue weighted by atomic mass is 9.84. The smallest absolute Gasteiger partial charge is 0.128 e. The normalized spacial score (nSPS) is 17.5. The minimum atomic E-state index is -0.985. The molecule has 0 spiro atoms. The van der Waals surface area contributed by atoms with E-state index in [4.69, 9.17) is 22.4 Å². The Bertz CT molecular complexity index is 758. The predicted molar refractivity (Wildman–Crippen MR) is 86.3 cm³/mol. The molecule has 0 aliphatic carbocycles. The number of hydrogen-bond donors (Lipinski definition) is 3. The zero-order valence-corrected chi connectivity index (χ0v) is 13.4. The van der Waals surface area contributed by atoms with Crippen LogP contribution in [0.15, 0.2) is 40.2 Å². The molecular weight excluding hydrogens is 339 g/mol. The first-order valence-electron chi connectivity index (χ1n) is 6.53. The Morgan fingerprint density at radius 2 is 2.04 bits per heavy atom. The van der Waals surface area contributed by atoms with Crippen LogP contribution in [0.25, 0.3) is 0 Å². The van der Waals surface area contributed by atoms with Crippen molar-refractivity contribution in [3.63, 3.8) is 0 Å². The second kappa shape index (κ2) is 7.38. The maximum atomic E-state index is 14.3. The number of nitrogens with zero attached hydrogens (tertiary/aromatic N) is 2. The summed E-state index contributed by atoms with van der Waals surface area (Å²) in [6.45, 7) is -0.103. The van der Waals surface area contributed by atoms with Crippen molar-refractivity contribution in [3.8, 4) is 12.1 Å². The lowest BCUT2D eigenvalue weighted by molar-refractivity contribution is 0.322. The van der Waals surface area contributed by atoms with Crippen molar-refractivity contribution in [1.29, 1.82) is 10.5 Å². The van der Waals surface area contributed by atoms with Crippen LogP contribution < -0.4 is 11.1 Å². The molecule has 1 unspecified atom stereocenters. The van der Waals surface area contributed by atoms with Gasteiger partial charge in [-0.1, -0.05) is 17.7 Å². The van der Waals surface area contributed by atoms with Crippen molar-refractivity contribution in [2.75, 3.05) is 12.4 Å². The summed E-state index contributed by atoms with van der Waals surface area (Å²) < 4.78 is 14.3. The van der Waals surface area contributed by atoms with Gasteiger partial charge in [0.1, 0.15) is 11.6 Å². The monoisotopic (exact) mass is 350 g/mol. The first-order valence-corrected chi connectivity index (χ1v) is 7.90. The Balaban J connectivity index is 2.68. The SMILES string of the molecule is N#CC1=C(N)NC(SCCO)=C(C#N)C1c1c(F)cccc1Cl. The van der Waals surface area contributed by atoms with Crippen molar-refractivity contribution in [1.82, 2.24) is 5.32 Å². The Labute approximate surface area is 141 Å². The zero-order chi connectivity index (χ0) is 17.0. The summed E-state index contributed by atoms with van der Waals surface area (Å²) in [5.74, 6) is -1.25. The standard InChI is InChI=1S/C15H12ClFN4OS/c16-10-2-1-3-11(17)13(10)12-8(6-18)14(20)21-15(9(12)7-19)23-5-4-22/h1-3,12,21-22H,4-5,20H2. The van der Waals surface area contributed by atoms with E-state index in [1.165, 1.54) is 18.2 Å². The van der Waals surface area contributed by atoms with Crippen LogP contribution in [-0.2, 0) is 0 Å². The summed E-state index contributed by atoms with van der Waals surface area (Å²) in [5.41, 5.74) is 6.06. The molecule has 0 amide bonds. The summed E-state index contributed by atoms with van der Waals surface area (Å²) in [5, 5.41) is 31.1. The number of dihydropyridines is 1. The fraction of sp³-hybridized carbons (Fsp3) is 0.200. The number of aliphatic hydroxyl groups excluding tert-OH is 1. The molecule has 1 aliphatic heterocycles. The number of thioether (sulfide) groups is 1. The van der Waals surface area contributed by atoms with Gasteiger partial charge >= 0.3 is 0 Å². The highest BCUT2D eigenvalue weighted by atomic mass is 35.5. The summed E-state index contributed by atoms with van der Waals surface area (Å²) >= 11 is 7.26. The van der Waals surface area contributed by atoms with E-state index < -0.39 is 11.7 Å². The van der Waals surface area contributed by atoms with Gasteiger partial charge in [0.2, 0.25) is 0 Å². The van der Waals surface area contributed by atoms with Crippen molar-refractivity contribution < 1.29 is 9.50 Å². The van der Waals surface area contributed by atoms with Crippen molar-refractivity contribution in [2.45, 2.75) is 5.92 Å². The van der Waals surface area contributed by atoms with Crippen LogP contribution in [0.5, 0.6) is 0 Å². The highest BCUT2D eigenvalue weighted by Gasteiger charge is 2.34. The largest absolute Gasteiger partial charge is 0.396 e. The highest BCUT2D eigenvalue weighted by Crippen LogP contribution is 2.42. The Kier molecular flexibility index (Phi) is 5.51. The Morgan fingerprint density at radius 3 is 2.61 bits per heavy atom. The molecule has 1 atom stereocenters. The van der Waals surface area contributed by atoms with Gasteiger partial charge in [0, 0.05) is 16.3 Å². The van der Waals surface area contributed by atoms with E-state index >= 15 is 0 Å². The Hall–Kier alpha value is -2.19. The number of allylic oxidation sites excluding steroid dienone is 2. The van der Waals surface area contributed by atoms with Gasteiger partial charge < -0.3 is 16.2 Å². The summed E-state index contributed by atoms with van der Waals surface area (Å²) in [6.07, 6.45) is 0. The van der Waals surface area contributed by atoms with Gasteiger partial charge in [-0.2, -0.15) is 10.5 Å². The maximum absolute atomic E-state index is 14.3. The summed E-state index contributed by atoms with van der Waals surface area (Å²) in [4.78, 5) is 0. The first kappa shape index (κ1) is 17.2. The molecule has 4 N–H and O–H groups in total. The van der Waals surface area contributed by atoms with E-state index in [2.05, 4.69) is 5.32 Å². The second-order valence-corrected chi connectivity index (χ2v) is 6.07. The number of hydrogen-bond acceptors (Lipinski definition) is 6. The molecule has 23 heavy (non-hydrogen) atoms. The molecule has 1 aliphatic rings. The molecule has 5 nitrogen and oxygen atoms in total. The minimum Gasteiger partial charge on any atom is -0.396 e. The van der Waals surface area contributed by atoms with E-state index in [1.807, 2.05) is 12.1 Å². The minimum absolute atomic E-state index is 0.0295. The van der Waals surface area contributed by atoms with Crippen LogP contribution in [0.1, 0.15) is 11.5 Å². The molecule has 1 aromatic carbocycles. The molecule has 0 saturated carbocycles. The second-order valence-electron chi connectivity index (χ2n) is 4.56. The van der Waals surface area contributed by atoms with E-state index in [0.717, 1.165) is 11.8 Å². The summed E-state index contributed by atoms with van der Waals surface area (Å²) in [7, 11) is 0. The number of nitriles is 2. The fourth-order valence-corrected chi connectivity index (χ4v) is 3.33. The molecule has 0 bridgehead atoms. The van der Waals surface area contributed by atoms with Gasteiger partial charge in [-0.3, -0.25) is 0 Å². The third-order valence-electron chi connectivity index (χ3n) is 3.23. The highest BCUT2D eigenvalue weighted by molar-refractivity contribution is 8.03. The van der Waals surface area contributed by atoms with Crippen LogP contribution in [0.2, 0.25) is 5.02 Å². The molecule has 1 heterocycles. The molecule has 1 aromatic rings. The van der Waals surface area contributed by atoms with Gasteiger partial charge in [-0.25, -0.2) is 4.39 Å². The molecule has 118 valence electrons. The van der Waals surface area contributed by atoms with Crippen LogP contribution in [0.3, 0.4) is 0 Å². The topological polar surface area (TPSA) is 106 Å². The number of nitrogens with two attached hydrogens (primary N) is 1. The van der Waals surface area contributed by atoms with E-state index in [0.29, 0.717) is 10.8 Å². The maximum Gasteiger partial charge on any atom is 0.128 e. The van der Waals surface area contributed by atoms with Crippen LogP contribution >= 0.6 is 23.4 Å². The van der Waals surface area contributed by atoms with Gasteiger partial charge in [0.05, 0.1) is 40.8 Å². The number of nitrogens with one attached hydrogen (secondary N) is 1. The quantitative estimate of drug-likeness (QED) is 0.769. The van der Waals surface area contributed by atoms with Gasteiger partial charge in [0.15, 0.2) is 0 Å². The summed E-state index contributed by atoms with van der Waals surface area (Å²) in [6, 6.07) is 8.06. The van der Waals surface area contributed by atoms with E-state index in [9.17, 15) is 14.9 Å². The molecule has 0 radical (unpaired) electrons. The van der Waals surface area contributed by atoms with E-state index in [1.54, 1.807) is 0 Å². The van der Waals surface area contributed by atoms with Crippen LogP contribution in [-0.4, -0.2) is 17.5 Å². The van der Waals surface area contributed by atoms with Crippen molar-refractivity contribution in [3.05, 3.63) is 56.6 Å². The lowest BCUT2D eigenvalue weighted by Crippen LogP contribution is -2.30. The molecule has 2 rings (SSSR count).